The van der Waals surface area contributed by atoms with Crippen LogP contribution in [-0.2, 0) is 16.0 Å². The van der Waals surface area contributed by atoms with Gasteiger partial charge >= 0.3 is 0 Å². The van der Waals surface area contributed by atoms with E-state index >= 15 is 0 Å². The van der Waals surface area contributed by atoms with Crippen molar-refractivity contribution in [1.82, 2.24) is 9.97 Å². The van der Waals surface area contributed by atoms with Crippen molar-refractivity contribution in [1.29, 1.82) is 0 Å². The number of amides is 2. The van der Waals surface area contributed by atoms with Gasteiger partial charge in [-0.05, 0) is 44.0 Å². The van der Waals surface area contributed by atoms with Crippen LogP contribution in [0.15, 0.2) is 23.0 Å². The van der Waals surface area contributed by atoms with Gasteiger partial charge in [-0.1, -0.05) is 6.07 Å². The molecule has 2 amide bonds. The van der Waals surface area contributed by atoms with Crippen molar-refractivity contribution in [3.8, 4) is 0 Å². The second-order valence-corrected chi connectivity index (χ2v) is 7.96. The molecular weight excluding hydrogens is 376 g/mol. The molecule has 0 saturated carbocycles. The first-order chi connectivity index (χ1) is 13.2. The summed E-state index contributed by atoms with van der Waals surface area (Å²) in [6.07, 6.45) is 0.472. The molecule has 28 heavy (non-hydrogen) atoms. The number of hydrogen-bond acceptors (Lipinski definition) is 5. The minimum Gasteiger partial charge on any atom is -0.325 e. The Morgan fingerprint density at radius 1 is 1.14 bits per heavy atom. The van der Waals surface area contributed by atoms with Gasteiger partial charge < -0.3 is 15.6 Å². The number of aryl methyl sites for hydroxylation is 4. The molecule has 3 aromatic rings. The molecule has 3 rings (SSSR count). The molecule has 0 saturated heterocycles. The van der Waals surface area contributed by atoms with Gasteiger partial charge in [0.25, 0.3) is 5.56 Å². The number of hydrogen-bond donors (Lipinski definition) is 3. The summed E-state index contributed by atoms with van der Waals surface area (Å²) in [5.41, 5.74) is 2.83. The van der Waals surface area contributed by atoms with Gasteiger partial charge in [0.05, 0.1) is 16.8 Å². The number of anilines is 2. The summed E-state index contributed by atoms with van der Waals surface area (Å²) in [5, 5.41) is 6.14. The summed E-state index contributed by atoms with van der Waals surface area (Å²) in [7, 11) is 0. The normalized spacial score (nSPS) is 10.9. The van der Waals surface area contributed by atoms with Gasteiger partial charge in [-0.3, -0.25) is 14.4 Å². The van der Waals surface area contributed by atoms with E-state index in [0.717, 1.165) is 16.0 Å². The minimum atomic E-state index is -0.224. The molecule has 3 N–H and O–H groups in total. The fraction of sp³-hybridized carbons (Fsp3) is 0.300. The van der Waals surface area contributed by atoms with Crippen LogP contribution >= 0.6 is 11.3 Å². The van der Waals surface area contributed by atoms with Crippen molar-refractivity contribution < 1.29 is 9.59 Å². The molecule has 0 bridgehead atoms. The summed E-state index contributed by atoms with van der Waals surface area (Å²) < 4.78 is 0. The zero-order valence-corrected chi connectivity index (χ0v) is 17.0. The van der Waals surface area contributed by atoms with Crippen molar-refractivity contribution in [2.24, 2.45) is 0 Å². The maximum absolute atomic E-state index is 12.4. The lowest BCUT2D eigenvalue weighted by molar-refractivity contribution is -0.116. The van der Waals surface area contributed by atoms with Gasteiger partial charge in [0, 0.05) is 24.6 Å². The molecule has 0 atom stereocenters. The number of aromatic amines is 1. The third-order valence-electron chi connectivity index (χ3n) is 4.44. The lowest BCUT2D eigenvalue weighted by atomic mass is 10.1. The predicted molar refractivity (Wildman–Crippen MR) is 112 cm³/mol. The summed E-state index contributed by atoms with van der Waals surface area (Å²) in [4.78, 5) is 45.1. The number of carbonyl (C=O) groups excluding carboxylic acids is 2. The fourth-order valence-electron chi connectivity index (χ4n) is 2.92. The van der Waals surface area contributed by atoms with Crippen LogP contribution in [0.5, 0.6) is 0 Å². The SMILES string of the molecule is CC(=O)Nc1ccc(C)cc1NC(=O)CCc1nc2sc(C)c(C)c2c(=O)[nH]1. The Kier molecular flexibility index (Phi) is 5.60. The van der Waals surface area contributed by atoms with Crippen LogP contribution in [0.3, 0.4) is 0 Å². The van der Waals surface area contributed by atoms with Crippen molar-refractivity contribution in [3.05, 3.63) is 50.4 Å². The van der Waals surface area contributed by atoms with E-state index in [1.165, 1.54) is 18.3 Å². The van der Waals surface area contributed by atoms with E-state index in [0.29, 0.717) is 33.8 Å². The number of benzene rings is 1. The highest BCUT2D eigenvalue weighted by molar-refractivity contribution is 7.18. The van der Waals surface area contributed by atoms with E-state index in [-0.39, 0.29) is 23.8 Å². The average Bonchev–Trinajstić information content (AvgIpc) is 2.90. The number of aromatic nitrogens is 2. The van der Waals surface area contributed by atoms with Crippen molar-refractivity contribution in [3.63, 3.8) is 0 Å². The molecule has 2 aromatic heterocycles. The van der Waals surface area contributed by atoms with Crippen LogP contribution in [0.2, 0.25) is 0 Å². The van der Waals surface area contributed by atoms with E-state index in [1.807, 2.05) is 26.8 Å². The second kappa shape index (κ2) is 7.93. The first-order valence-electron chi connectivity index (χ1n) is 8.91. The van der Waals surface area contributed by atoms with Gasteiger partial charge in [-0.15, -0.1) is 11.3 Å². The maximum atomic E-state index is 12.4. The first-order valence-corrected chi connectivity index (χ1v) is 9.73. The number of rotatable bonds is 5. The van der Waals surface area contributed by atoms with Gasteiger partial charge in [0.1, 0.15) is 10.7 Å². The van der Waals surface area contributed by atoms with Crippen LogP contribution in [-0.4, -0.2) is 21.8 Å². The van der Waals surface area contributed by atoms with Gasteiger partial charge in [0.15, 0.2) is 0 Å². The number of H-pyrrole nitrogens is 1. The summed E-state index contributed by atoms with van der Waals surface area (Å²) in [5.74, 6) is 0.0506. The summed E-state index contributed by atoms with van der Waals surface area (Å²) in [6, 6.07) is 5.41. The van der Waals surface area contributed by atoms with E-state index in [9.17, 15) is 14.4 Å². The van der Waals surface area contributed by atoms with Gasteiger partial charge in [0.2, 0.25) is 11.8 Å². The average molecular weight is 398 g/mol. The van der Waals surface area contributed by atoms with Crippen molar-refractivity contribution in [2.75, 3.05) is 10.6 Å². The lowest BCUT2D eigenvalue weighted by Gasteiger charge is -2.12. The third-order valence-corrected chi connectivity index (χ3v) is 5.54. The molecule has 0 aliphatic heterocycles. The topological polar surface area (TPSA) is 104 Å². The molecule has 146 valence electrons. The first kappa shape index (κ1) is 19.8. The molecular formula is C20H22N4O3S. The highest BCUT2D eigenvalue weighted by Crippen LogP contribution is 2.26. The Bertz CT molecular complexity index is 1130. The highest BCUT2D eigenvalue weighted by atomic mass is 32.1. The molecule has 8 heteroatoms. The van der Waals surface area contributed by atoms with Crippen LogP contribution in [0.1, 0.15) is 35.2 Å². The Balaban J connectivity index is 1.73. The van der Waals surface area contributed by atoms with E-state index in [1.54, 1.807) is 12.1 Å². The standard InChI is InChI=1S/C20H22N4O3S/c1-10-5-6-14(21-13(4)25)15(9-10)22-17(26)8-7-16-23-19(27)18-11(2)12(3)28-20(18)24-16/h5-6,9H,7-8H2,1-4H3,(H,21,25)(H,22,26)(H,23,24,27). The zero-order valence-electron chi connectivity index (χ0n) is 16.2. The van der Waals surface area contributed by atoms with Crippen molar-refractivity contribution >= 4 is 44.7 Å². The number of thiophene rings is 1. The van der Waals surface area contributed by atoms with Crippen LogP contribution in [0.4, 0.5) is 11.4 Å². The minimum absolute atomic E-state index is 0.158. The van der Waals surface area contributed by atoms with E-state index in [2.05, 4.69) is 20.6 Å². The Morgan fingerprint density at radius 3 is 2.61 bits per heavy atom. The number of fused-ring (bicyclic) bond motifs is 1. The molecule has 0 aliphatic carbocycles. The third kappa shape index (κ3) is 4.28. The summed E-state index contributed by atoms with van der Waals surface area (Å²) in [6.45, 7) is 7.19. The smallest absolute Gasteiger partial charge is 0.259 e. The Labute approximate surface area is 166 Å². The monoisotopic (exact) mass is 398 g/mol. The van der Waals surface area contributed by atoms with Gasteiger partial charge in [-0.2, -0.15) is 0 Å². The number of carbonyl (C=O) groups is 2. The summed E-state index contributed by atoms with van der Waals surface area (Å²) >= 11 is 1.48. The molecule has 0 fully saturated rings. The van der Waals surface area contributed by atoms with E-state index in [4.69, 9.17) is 0 Å². The van der Waals surface area contributed by atoms with Gasteiger partial charge in [-0.25, -0.2) is 4.98 Å². The molecule has 1 aromatic carbocycles. The fourth-order valence-corrected chi connectivity index (χ4v) is 3.97. The molecule has 7 nitrogen and oxygen atoms in total. The quantitative estimate of drug-likeness (QED) is 0.612. The van der Waals surface area contributed by atoms with Crippen LogP contribution < -0.4 is 16.2 Å². The molecule has 0 spiro atoms. The Hall–Kier alpha value is -3.00. The highest BCUT2D eigenvalue weighted by Gasteiger charge is 2.13. The Morgan fingerprint density at radius 2 is 1.89 bits per heavy atom. The number of nitrogens with zero attached hydrogens (tertiary/aromatic N) is 1. The maximum Gasteiger partial charge on any atom is 0.259 e. The molecule has 2 heterocycles. The molecule has 0 radical (unpaired) electrons. The molecule has 0 aliphatic rings. The predicted octanol–water partition coefficient (Wildman–Crippen LogP) is 3.44. The van der Waals surface area contributed by atoms with Crippen molar-refractivity contribution in [2.45, 2.75) is 40.5 Å². The molecule has 0 unspecified atom stereocenters. The number of nitrogens with one attached hydrogen (secondary N) is 3. The largest absolute Gasteiger partial charge is 0.325 e. The van der Waals surface area contributed by atoms with Crippen LogP contribution in [0.25, 0.3) is 10.2 Å². The second-order valence-electron chi connectivity index (χ2n) is 6.75. The van der Waals surface area contributed by atoms with E-state index < -0.39 is 0 Å². The zero-order chi connectivity index (χ0) is 20.4. The van der Waals surface area contributed by atoms with Crippen LogP contribution in [0, 0.1) is 20.8 Å². The lowest BCUT2D eigenvalue weighted by Crippen LogP contribution is -2.17.